The van der Waals surface area contributed by atoms with Crippen LogP contribution in [-0.4, -0.2) is 51.9 Å². The molecule has 0 saturated carbocycles. The van der Waals surface area contributed by atoms with Gasteiger partial charge in [-0.15, -0.1) is 0 Å². The minimum absolute atomic E-state index is 0.0348. The van der Waals surface area contributed by atoms with Crippen LogP contribution in [0.5, 0.6) is 0 Å². The van der Waals surface area contributed by atoms with E-state index in [9.17, 15) is 9.59 Å². The molecule has 2 aromatic rings. The molecular formula is C18H23N5O2. The molecule has 1 amide bonds. The molecule has 0 bridgehead atoms. The van der Waals surface area contributed by atoms with Gasteiger partial charge in [-0.25, -0.2) is 4.98 Å². The molecule has 3 heterocycles. The summed E-state index contributed by atoms with van der Waals surface area (Å²) in [4.78, 5) is 38.1. The Kier molecular flexibility index (Phi) is 5.23. The minimum atomic E-state index is -0.290. The first kappa shape index (κ1) is 17.3. The van der Waals surface area contributed by atoms with Gasteiger partial charge in [-0.2, -0.15) is 0 Å². The van der Waals surface area contributed by atoms with Crippen molar-refractivity contribution < 1.29 is 4.79 Å². The number of H-pyrrole nitrogens is 1. The molecule has 1 aliphatic rings. The number of amides is 1. The van der Waals surface area contributed by atoms with Crippen molar-refractivity contribution in [3.05, 3.63) is 46.0 Å². The SMILES string of the molecule is Cc1nc(-c2ccccn2)[nH]c(=O)c1CC(=O)NCC1CCCN1C. The zero-order valence-corrected chi connectivity index (χ0v) is 14.6. The highest BCUT2D eigenvalue weighted by atomic mass is 16.2. The van der Waals surface area contributed by atoms with E-state index in [1.165, 1.54) is 0 Å². The molecular weight excluding hydrogens is 318 g/mol. The second kappa shape index (κ2) is 7.57. The number of aryl methyl sites for hydroxylation is 1. The van der Waals surface area contributed by atoms with Crippen LogP contribution in [0.1, 0.15) is 24.1 Å². The van der Waals surface area contributed by atoms with Crippen LogP contribution in [0.3, 0.4) is 0 Å². The highest BCUT2D eigenvalue weighted by Crippen LogP contribution is 2.14. The van der Waals surface area contributed by atoms with E-state index < -0.39 is 0 Å². The topological polar surface area (TPSA) is 91.0 Å². The zero-order chi connectivity index (χ0) is 17.8. The number of aromatic amines is 1. The summed E-state index contributed by atoms with van der Waals surface area (Å²) in [6.45, 7) is 3.43. The molecule has 0 radical (unpaired) electrons. The lowest BCUT2D eigenvalue weighted by atomic mass is 10.1. The predicted molar refractivity (Wildman–Crippen MR) is 95.2 cm³/mol. The van der Waals surface area contributed by atoms with Crippen LogP contribution in [0.15, 0.2) is 29.2 Å². The van der Waals surface area contributed by atoms with E-state index in [0.29, 0.717) is 35.4 Å². The monoisotopic (exact) mass is 341 g/mol. The van der Waals surface area contributed by atoms with Gasteiger partial charge in [-0.1, -0.05) is 6.07 Å². The van der Waals surface area contributed by atoms with Gasteiger partial charge in [-0.05, 0) is 45.5 Å². The number of nitrogens with zero attached hydrogens (tertiary/aromatic N) is 3. The Morgan fingerprint density at radius 3 is 2.92 bits per heavy atom. The quantitative estimate of drug-likeness (QED) is 0.843. The fourth-order valence-electron chi connectivity index (χ4n) is 3.13. The molecule has 1 atom stereocenters. The summed E-state index contributed by atoms with van der Waals surface area (Å²) in [5.74, 6) is 0.265. The first-order chi connectivity index (χ1) is 12.0. The van der Waals surface area contributed by atoms with Gasteiger partial charge in [0.25, 0.3) is 5.56 Å². The van der Waals surface area contributed by atoms with E-state index in [1.54, 1.807) is 25.3 Å². The summed E-state index contributed by atoms with van der Waals surface area (Å²) in [6.07, 6.45) is 3.94. The van der Waals surface area contributed by atoms with Crippen molar-refractivity contribution in [3.8, 4) is 11.5 Å². The van der Waals surface area contributed by atoms with Gasteiger partial charge in [-0.3, -0.25) is 14.6 Å². The van der Waals surface area contributed by atoms with Gasteiger partial charge in [0, 0.05) is 30.0 Å². The third-order valence-corrected chi connectivity index (χ3v) is 4.67. The fourth-order valence-corrected chi connectivity index (χ4v) is 3.13. The van der Waals surface area contributed by atoms with E-state index in [4.69, 9.17) is 0 Å². The molecule has 7 nitrogen and oxygen atoms in total. The molecule has 1 aliphatic heterocycles. The summed E-state index contributed by atoms with van der Waals surface area (Å²) in [7, 11) is 2.07. The van der Waals surface area contributed by atoms with Crippen LogP contribution < -0.4 is 10.9 Å². The van der Waals surface area contributed by atoms with Gasteiger partial charge in [0.2, 0.25) is 5.91 Å². The van der Waals surface area contributed by atoms with Crippen molar-refractivity contribution in [2.24, 2.45) is 0 Å². The Balaban J connectivity index is 1.68. The lowest BCUT2D eigenvalue weighted by Crippen LogP contribution is -2.39. The average molecular weight is 341 g/mol. The van der Waals surface area contributed by atoms with E-state index in [-0.39, 0.29) is 17.9 Å². The van der Waals surface area contributed by atoms with Gasteiger partial charge < -0.3 is 15.2 Å². The van der Waals surface area contributed by atoms with Crippen molar-refractivity contribution in [2.75, 3.05) is 20.1 Å². The molecule has 1 unspecified atom stereocenters. The maximum absolute atomic E-state index is 12.4. The number of likely N-dealkylation sites (tertiary alicyclic amines) is 1. The molecule has 7 heteroatoms. The van der Waals surface area contributed by atoms with Crippen molar-refractivity contribution in [1.29, 1.82) is 0 Å². The van der Waals surface area contributed by atoms with Gasteiger partial charge in [0.1, 0.15) is 5.69 Å². The van der Waals surface area contributed by atoms with Crippen molar-refractivity contribution >= 4 is 5.91 Å². The number of hydrogen-bond donors (Lipinski definition) is 2. The standard InChI is InChI=1S/C18H23N5O2/c1-12-14(10-16(24)20-11-13-6-5-9-23(13)2)18(25)22-17(21-12)15-7-3-4-8-19-15/h3-4,7-8,13H,5-6,9-11H2,1-2H3,(H,20,24)(H,21,22,25). The molecule has 0 aromatic carbocycles. The normalized spacial score (nSPS) is 17.6. The smallest absolute Gasteiger partial charge is 0.255 e. The number of hydrogen-bond acceptors (Lipinski definition) is 5. The predicted octanol–water partition coefficient (Wildman–Crippen LogP) is 0.893. The van der Waals surface area contributed by atoms with E-state index >= 15 is 0 Å². The number of aromatic nitrogens is 3. The molecule has 0 aliphatic carbocycles. The van der Waals surface area contributed by atoms with Crippen LogP contribution in [-0.2, 0) is 11.2 Å². The Bertz CT molecular complexity index is 803. The first-order valence-electron chi connectivity index (χ1n) is 8.52. The number of rotatable bonds is 5. The van der Waals surface area contributed by atoms with Crippen LogP contribution in [0.4, 0.5) is 0 Å². The zero-order valence-electron chi connectivity index (χ0n) is 14.6. The summed E-state index contributed by atoms with van der Waals surface area (Å²) in [5.41, 5.74) is 1.26. The summed E-state index contributed by atoms with van der Waals surface area (Å²) >= 11 is 0. The summed E-state index contributed by atoms with van der Waals surface area (Å²) < 4.78 is 0. The molecule has 2 aromatic heterocycles. The van der Waals surface area contributed by atoms with Crippen LogP contribution >= 0.6 is 0 Å². The molecule has 1 fully saturated rings. The Hall–Kier alpha value is -2.54. The highest BCUT2D eigenvalue weighted by molar-refractivity contribution is 5.78. The van der Waals surface area contributed by atoms with Gasteiger partial charge >= 0.3 is 0 Å². The fraction of sp³-hybridized carbons (Fsp3) is 0.444. The molecule has 0 spiro atoms. The molecule has 132 valence electrons. The second-order valence-electron chi connectivity index (χ2n) is 6.45. The van der Waals surface area contributed by atoms with E-state index in [1.807, 2.05) is 6.07 Å². The van der Waals surface area contributed by atoms with Gasteiger partial charge in [0.15, 0.2) is 5.82 Å². The lowest BCUT2D eigenvalue weighted by Gasteiger charge is -2.19. The molecule has 3 rings (SSSR count). The maximum Gasteiger partial charge on any atom is 0.255 e. The van der Waals surface area contributed by atoms with Crippen molar-refractivity contribution in [1.82, 2.24) is 25.2 Å². The lowest BCUT2D eigenvalue weighted by molar-refractivity contribution is -0.120. The van der Waals surface area contributed by atoms with Crippen LogP contribution in [0, 0.1) is 6.92 Å². The summed E-state index contributed by atoms with van der Waals surface area (Å²) in [5, 5.41) is 2.93. The third kappa shape index (κ3) is 4.11. The first-order valence-corrected chi connectivity index (χ1v) is 8.52. The number of carbonyl (C=O) groups is 1. The number of likely N-dealkylation sites (N-methyl/N-ethyl adjacent to an activating group) is 1. The second-order valence-corrected chi connectivity index (χ2v) is 6.45. The van der Waals surface area contributed by atoms with Crippen molar-refractivity contribution in [2.45, 2.75) is 32.2 Å². The average Bonchev–Trinajstić information content (AvgIpc) is 3.02. The highest BCUT2D eigenvalue weighted by Gasteiger charge is 2.21. The van der Waals surface area contributed by atoms with Crippen LogP contribution in [0.25, 0.3) is 11.5 Å². The molecule has 1 saturated heterocycles. The Labute approximate surface area is 146 Å². The van der Waals surface area contributed by atoms with E-state index in [0.717, 1.165) is 19.4 Å². The summed E-state index contributed by atoms with van der Waals surface area (Å²) in [6, 6.07) is 5.80. The largest absolute Gasteiger partial charge is 0.354 e. The Morgan fingerprint density at radius 1 is 1.44 bits per heavy atom. The number of nitrogens with one attached hydrogen (secondary N) is 2. The number of pyridine rings is 1. The van der Waals surface area contributed by atoms with E-state index in [2.05, 4.69) is 32.2 Å². The van der Waals surface area contributed by atoms with Crippen LogP contribution in [0.2, 0.25) is 0 Å². The van der Waals surface area contributed by atoms with Gasteiger partial charge in [0.05, 0.1) is 6.42 Å². The molecule has 25 heavy (non-hydrogen) atoms. The number of carbonyl (C=O) groups excluding carboxylic acids is 1. The van der Waals surface area contributed by atoms with Crippen molar-refractivity contribution in [3.63, 3.8) is 0 Å². The maximum atomic E-state index is 12.4. The molecule has 2 N–H and O–H groups in total. The Morgan fingerprint density at radius 2 is 2.28 bits per heavy atom. The third-order valence-electron chi connectivity index (χ3n) is 4.67. The minimum Gasteiger partial charge on any atom is -0.354 e.